The van der Waals surface area contributed by atoms with Crippen LogP contribution < -0.4 is 4.90 Å². The van der Waals surface area contributed by atoms with Crippen LogP contribution in [0.15, 0.2) is 42.7 Å². The first-order valence-corrected chi connectivity index (χ1v) is 6.69. The highest BCUT2D eigenvalue weighted by molar-refractivity contribution is 6.08. The molecule has 4 nitrogen and oxygen atoms in total. The van der Waals surface area contributed by atoms with Crippen LogP contribution in [0, 0.1) is 5.92 Å². The zero-order valence-corrected chi connectivity index (χ0v) is 11.3. The first-order chi connectivity index (χ1) is 9.66. The van der Waals surface area contributed by atoms with E-state index in [0.717, 1.165) is 12.1 Å². The molecule has 1 atom stereocenters. The standard InChI is InChI=1S/C16H16N2O2/c1-11-8-12-4-2-3-5-14(12)18(10-11)16(20)13-6-7-17-9-15(13)19/h2-7,9,11,19H,8,10H2,1H3. The van der Waals surface area contributed by atoms with Gasteiger partial charge in [-0.15, -0.1) is 0 Å². The number of nitrogens with zero attached hydrogens (tertiary/aromatic N) is 2. The summed E-state index contributed by atoms with van der Waals surface area (Å²) in [6, 6.07) is 9.49. The summed E-state index contributed by atoms with van der Waals surface area (Å²) in [7, 11) is 0. The third-order valence-corrected chi connectivity index (χ3v) is 3.62. The molecule has 0 saturated carbocycles. The van der Waals surface area contributed by atoms with Gasteiger partial charge in [0, 0.05) is 18.4 Å². The summed E-state index contributed by atoms with van der Waals surface area (Å²) in [5.74, 6) is 0.148. The molecule has 2 aromatic rings. The van der Waals surface area contributed by atoms with Crippen molar-refractivity contribution in [3.8, 4) is 5.75 Å². The Labute approximate surface area is 117 Å². The molecule has 0 radical (unpaired) electrons. The number of hydrogen-bond donors (Lipinski definition) is 1. The monoisotopic (exact) mass is 268 g/mol. The van der Waals surface area contributed by atoms with Gasteiger partial charge in [0.25, 0.3) is 5.91 Å². The lowest BCUT2D eigenvalue weighted by atomic mass is 9.93. The van der Waals surface area contributed by atoms with Crippen molar-refractivity contribution in [3.63, 3.8) is 0 Å². The molecular formula is C16H16N2O2. The van der Waals surface area contributed by atoms with Crippen molar-refractivity contribution in [1.82, 2.24) is 4.98 Å². The average Bonchev–Trinajstić information content (AvgIpc) is 2.46. The van der Waals surface area contributed by atoms with Crippen LogP contribution in [0.4, 0.5) is 5.69 Å². The van der Waals surface area contributed by atoms with E-state index in [4.69, 9.17) is 0 Å². The highest BCUT2D eigenvalue weighted by Crippen LogP contribution is 2.31. The molecule has 0 aliphatic carbocycles. The van der Waals surface area contributed by atoms with Gasteiger partial charge < -0.3 is 10.0 Å². The molecule has 0 spiro atoms. The minimum atomic E-state index is -0.177. The molecule has 3 rings (SSSR count). The molecular weight excluding hydrogens is 252 g/mol. The number of aromatic hydroxyl groups is 1. The Morgan fingerprint density at radius 2 is 2.15 bits per heavy atom. The number of rotatable bonds is 1. The molecule has 102 valence electrons. The summed E-state index contributed by atoms with van der Waals surface area (Å²) in [5, 5.41) is 9.82. The SMILES string of the molecule is CC1Cc2ccccc2N(C(=O)c2ccncc2O)C1. The highest BCUT2D eigenvalue weighted by Gasteiger charge is 2.28. The summed E-state index contributed by atoms with van der Waals surface area (Å²) in [6.45, 7) is 2.79. The van der Waals surface area contributed by atoms with E-state index < -0.39 is 0 Å². The van der Waals surface area contributed by atoms with Gasteiger partial charge in [-0.25, -0.2) is 0 Å². The first kappa shape index (κ1) is 12.7. The molecule has 1 unspecified atom stereocenters. The number of hydrogen-bond acceptors (Lipinski definition) is 3. The number of anilines is 1. The molecule has 0 bridgehead atoms. The molecule has 1 aromatic heterocycles. The number of aromatic nitrogens is 1. The van der Waals surface area contributed by atoms with Gasteiger partial charge >= 0.3 is 0 Å². The van der Waals surface area contributed by atoms with E-state index in [1.54, 1.807) is 11.0 Å². The van der Waals surface area contributed by atoms with Crippen LogP contribution in [0.3, 0.4) is 0 Å². The zero-order valence-electron chi connectivity index (χ0n) is 11.3. The van der Waals surface area contributed by atoms with Crippen molar-refractivity contribution < 1.29 is 9.90 Å². The van der Waals surface area contributed by atoms with Crippen LogP contribution in [-0.2, 0) is 6.42 Å². The lowest BCUT2D eigenvalue weighted by Crippen LogP contribution is -2.39. The van der Waals surface area contributed by atoms with E-state index in [2.05, 4.69) is 18.0 Å². The van der Waals surface area contributed by atoms with E-state index in [0.29, 0.717) is 18.0 Å². The zero-order chi connectivity index (χ0) is 14.1. The van der Waals surface area contributed by atoms with Gasteiger partial charge in [0.2, 0.25) is 0 Å². The summed E-state index contributed by atoms with van der Waals surface area (Å²) in [4.78, 5) is 18.2. The third-order valence-electron chi connectivity index (χ3n) is 3.62. The fourth-order valence-electron chi connectivity index (χ4n) is 2.70. The second-order valence-corrected chi connectivity index (χ2v) is 5.25. The molecule has 4 heteroatoms. The van der Waals surface area contributed by atoms with E-state index in [1.807, 2.05) is 18.2 Å². The van der Waals surface area contributed by atoms with Crippen molar-refractivity contribution in [2.45, 2.75) is 13.3 Å². The van der Waals surface area contributed by atoms with Crippen LogP contribution in [-0.4, -0.2) is 22.5 Å². The Morgan fingerprint density at radius 1 is 1.35 bits per heavy atom. The van der Waals surface area contributed by atoms with Crippen LogP contribution in [0.2, 0.25) is 0 Å². The first-order valence-electron chi connectivity index (χ1n) is 6.69. The average molecular weight is 268 g/mol. The lowest BCUT2D eigenvalue weighted by Gasteiger charge is -2.33. The quantitative estimate of drug-likeness (QED) is 0.865. The highest BCUT2D eigenvalue weighted by atomic mass is 16.3. The number of para-hydroxylation sites is 1. The van der Waals surface area contributed by atoms with Crippen LogP contribution in [0.25, 0.3) is 0 Å². The Morgan fingerprint density at radius 3 is 2.95 bits per heavy atom. The minimum absolute atomic E-state index is 0.0757. The maximum absolute atomic E-state index is 12.7. The number of benzene rings is 1. The van der Waals surface area contributed by atoms with Crippen molar-refractivity contribution >= 4 is 11.6 Å². The Bertz CT molecular complexity index is 654. The second kappa shape index (κ2) is 4.96. The molecule has 1 aliphatic rings. The molecule has 20 heavy (non-hydrogen) atoms. The largest absolute Gasteiger partial charge is 0.505 e. The Kier molecular flexibility index (Phi) is 3.14. The number of carbonyl (C=O) groups excluding carboxylic acids is 1. The van der Waals surface area contributed by atoms with Gasteiger partial charge in [0.05, 0.1) is 11.8 Å². The van der Waals surface area contributed by atoms with Crippen molar-refractivity contribution in [2.24, 2.45) is 5.92 Å². The Balaban J connectivity index is 2.02. The molecule has 1 N–H and O–H groups in total. The summed E-state index contributed by atoms with van der Waals surface area (Å²) in [5.41, 5.74) is 2.41. The van der Waals surface area contributed by atoms with E-state index in [-0.39, 0.29) is 11.7 Å². The number of amides is 1. The fourth-order valence-corrected chi connectivity index (χ4v) is 2.70. The third kappa shape index (κ3) is 2.13. The number of pyridine rings is 1. The van der Waals surface area contributed by atoms with E-state index >= 15 is 0 Å². The van der Waals surface area contributed by atoms with E-state index in [1.165, 1.54) is 18.0 Å². The fraction of sp³-hybridized carbons (Fsp3) is 0.250. The van der Waals surface area contributed by atoms with E-state index in [9.17, 15) is 9.90 Å². The summed E-state index contributed by atoms with van der Waals surface area (Å²) >= 11 is 0. The predicted molar refractivity (Wildman–Crippen MR) is 76.9 cm³/mol. The smallest absolute Gasteiger partial charge is 0.262 e. The predicted octanol–water partition coefficient (Wildman–Crippen LogP) is 2.63. The van der Waals surface area contributed by atoms with Crippen LogP contribution in [0.1, 0.15) is 22.8 Å². The second-order valence-electron chi connectivity index (χ2n) is 5.25. The van der Waals surface area contributed by atoms with Crippen molar-refractivity contribution in [2.75, 3.05) is 11.4 Å². The lowest BCUT2D eigenvalue weighted by molar-refractivity contribution is 0.0978. The minimum Gasteiger partial charge on any atom is -0.505 e. The van der Waals surface area contributed by atoms with Gasteiger partial charge in [0.1, 0.15) is 5.75 Å². The van der Waals surface area contributed by atoms with Gasteiger partial charge in [-0.3, -0.25) is 9.78 Å². The maximum atomic E-state index is 12.7. The van der Waals surface area contributed by atoms with Crippen molar-refractivity contribution in [3.05, 3.63) is 53.9 Å². The van der Waals surface area contributed by atoms with Gasteiger partial charge in [0.15, 0.2) is 0 Å². The topological polar surface area (TPSA) is 53.4 Å². The molecule has 0 saturated heterocycles. The van der Waals surface area contributed by atoms with Crippen molar-refractivity contribution in [1.29, 1.82) is 0 Å². The summed E-state index contributed by atoms with van der Waals surface area (Å²) in [6.07, 6.45) is 3.79. The van der Waals surface area contributed by atoms with Gasteiger partial charge in [-0.2, -0.15) is 0 Å². The van der Waals surface area contributed by atoms with Gasteiger partial charge in [-0.1, -0.05) is 25.1 Å². The molecule has 0 fully saturated rings. The summed E-state index contributed by atoms with van der Waals surface area (Å²) < 4.78 is 0. The van der Waals surface area contributed by atoms with Gasteiger partial charge in [-0.05, 0) is 30.0 Å². The molecule has 1 aromatic carbocycles. The molecule has 1 aliphatic heterocycles. The van der Waals surface area contributed by atoms with Crippen LogP contribution in [0.5, 0.6) is 5.75 Å². The maximum Gasteiger partial charge on any atom is 0.262 e. The molecule has 1 amide bonds. The normalized spacial score (nSPS) is 17.6. The Hall–Kier alpha value is -2.36. The van der Waals surface area contributed by atoms with Crippen LogP contribution >= 0.6 is 0 Å². The number of fused-ring (bicyclic) bond motifs is 1. The molecule has 2 heterocycles. The number of carbonyl (C=O) groups is 1.